The molecule has 26 heavy (non-hydrogen) atoms. The van der Waals surface area contributed by atoms with E-state index in [2.05, 4.69) is 0 Å². The van der Waals surface area contributed by atoms with Gasteiger partial charge in [0.25, 0.3) is 5.91 Å². The zero-order valence-corrected chi connectivity index (χ0v) is 14.9. The summed E-state index contributed by atoms with van der Waals surface area (Å²) in [5.41, 5.74) is 0.354. The molecule has 0 saturated heterocycles. The lowest BCUT2D eigenvalue weighted by Gasteiger charge is -2.28. The van der Waals surface area contributed by atoms with Gasteiger partial charge in [-0.15, -0.1) is 0 Å². The van der Waals surface area contributed by atoms with Crippen molar-refractivity contribution in [1.29, 1.82) is 0 Å². The lowest BCUT2D eigenvalue weighted by Crippen LogP contribution is -2.41. The third-order valence-electron chi connectivity index (χ3n) is 3.99. The van der Waals surface area contributed by atoms with Crippen molar-refractivity contribution in [2.75, 3.05) is 17.3 Å². The van der Waals surface area contributed by atoms with Crippen molar-refractivity contribution in [3.63, 3.8) is 0 Å². The molecule has 1 atom stereocenters. The average Bonchev–Trinajstić information content (AvgIpc) is 2.97. The molecule has 0 aromatic heterocycles. The zero-order chi connectivity index (χ0) is 18.7. The number of halogens is 1. The van der Waals surface area contributed by atoms with Gasteiger partial charge in [-0.25, -0.2) is 12.8 Å². The molecule has 136 valence electrons. The van der Waals surface area contributed by atoms with Crippen molar-refractivity contribution in [3.05, 3.63) is 71.4 Å². The summed E-state index contributed by atoms with van der Waals surface area (Å²) in [5, 5.41) is 1.09. The molecule has 2 aromatic carbocycles. The van der Waals surface area contributed by atoms with Gasteiger partial charge in [0, 0.05) is 11.1 Å². The number of hydrogen-bond donors (Lipinski definition) is 0. The van der Waals surface area contributed by atoms with Crippen LogP contribution in [-0.2, 0) is 9.84 Å². The first kappa shape index (κ1) is 18.1. The van der Waals surface area contributed by atoms with E-state index in [-0.39, 0.29) is 11.3 Å². The first-order valence-electron chi connectivity index (χ1n) is 8.13. The van der Waals surface area contributed by atoms with Crippen LogP contribution in [0, 0.1) is 5.82 Å². The van der Waals surface area contributed by atoms with E-state index in [1.807, 2.05) is 6.92 Å². The summed E-state index contributed by atoms with van der Waals surface area (Å²) in [5.74, 6) is -0.859. The highest BCUT2D eigenvalue weighted by atomic mass is 32.2. The van der Waals surface area contributed by atoms with E-state index < -0.39 is 27.6 Å². The van der Waals surface area contributed by atoms with Crippen molar-refractivity contribution in [2.45, 2.75) is 13.0 Å². The van der Waals surface area contributed by atoms with E-state index >= 15 is 0 Å². The largest absolute Gasteiger partial charge is 0.494 e. The van der Waals surface area contributed by atoms with Gasteiger partial charge < -0.3 is 9.64 Å². The van der Waals surface area contributed by atoms with Crippen molar-refractivity contribution < 1.29 is 22.3 Å². The molecule has 1 aliphatic rings. The number of amides is 1. The molecule has 1 unspecified atom stereocenters. The molecule has 2 aromatic rings. The molecule has 0 aliphatic carbocycles. The minimum absolute atomic E-state index is 0.112. The van der Waals surface area contributed by atoms with Gasteiger partial charge in [-0.05, 0) is 49.4 Å². The highest BCUT2D eigenvalue weighted by molar-refractivity contribution is 7.94. The fourth-order valence-corrected chi connectivity index (χ4v) is 4.08. The van der Waals surface area contributed by atoms with Gasteiger partial charge in [-0.3, -0.25) is 4.79 Å². The normalized spacial score (nSPS) is 17.8. The second kappa shape index (κ2) is 7.29. The number of hydrogen-bond acceptors (Lipinski definition) is 4. The summed E-state index contributed by atoms with van der Waals surface area (Å²) >= 11 is 0. The van der Waals surface area contributed by atoms with Crippen LogP contribution in [-0.4, -0.2) is 32.7 Å². The van der Waals surface area contributed by atoms with Crippen LogP contribution < -0.4 is 9.64 Å². The molecule has 5 nitrogen and oxygen atoms in total. The van der Waals surface area contributed by atoms with Gasteiger partial charge in [0.2, 0.25) is 0 Å². The Hall–Kier alpha value is -2.67. The minimum atomic E-state index is -3.38. The maximum Gasteiger partial charge on any atom is 0.261 e. The Morgan fingerprint density at radius 3 is 2.46 bits per heavy atom. The third-order valence-corrected chi connectivity index (χ3v) is 5.37. The Bertz CT molecular complexity index is 938. The molecule has 0 radical (unpaired) electrons. The molecular formula is C19H18FNO4S. The second-order valence-electron chi connectivity index (χ2n) is 5.81. The number of benzene rings is 2. The van der Waals surface area contributed by atoms with E-state index in [1.165, 1.54) is 29.2 Å². The van der Waals surface area contributed by atoms with Crippen molar-refractivity contribution in [1.82, 2.24) is 0 Å². The van der Waals surface area contributed by atoms with Crippen molar-refractivity contribution in [3.8, 4) is 5.75 Å². The Balaban J connectivity index is 2.01. The maximum absolute atomic E-state index is 14.1. The van der Waals surface area contributed by atoms with Gasteiger partial charge in [0.05, 0.1) is 24.0 Å². The molecule has 1 amide bonds. The Labute approximate surface area is 151 Å². The number of carbonyl (C=O) groups is 1. The lowest BCUT2D eigenvalue weighted by atomic mass is 10.1. The molecule has 3 rings (SSSR count). The summed E-state index contributed by atoms with van der Waals surface area (Å²) in [7, 11) is -3.38. The fraction of sp³-hybridized carbons (Fsp3) is 0.211. The minimum Gasteiger partial charge on any atom is -0.494 e. The third kappa shape index (κ3) is 3.77. The van der Waals surface area contributed by atoms with Gasteiger partial charge in [-0.1, -0.05) is 12.1 Å². The van der Waals surface area contributed by atoms with Crippen LogP contribution in [0.5, 0.6) is 5.75 Å². The van der Waals surface area contributed by atoms with Crippen LogP contribution in [0.2, 0.25) is 0 Å². The molecule has 1 heterocycles. The van der Waals surface area contributed by atoms with Crippen LogP contribution in [0.15, 0.2) is 60.0 Å². The molecule has 1 aliphatic heterocycles. The molecule has 0 bridgehead atoms. The van der Waals surface area contributed by atoms with Gasteiger partial charge in [-0.2, -0.15) is 0 Å². The van der Waals surface area contributed by atoms with Gasteiger partial charge in [0.15, 0.2) is 9.84 Å². The topological polar surface area (TPSA) is 63.7 Å². The van der Waals surface area contributed by atoms with Gasteiger partial charge in [0.1, 0.15) is 11.6 Å². The zero-order valence-electron chi connectivity index (χ0n) is 14.1. The Kier molecular flexibility index (Phi) is 5.08. The fourth-order valence-electron chi connectivity index (χ4n) is 2.81. The van der Waals surface area contributed by atoms with Gasteiger partial charge >= 0.3 is 0 Å². The Morgan fingerprint density at radius 1 is 1.19 bits per heavy atom. The standard InChI is InChI=1S/C19H18FNO4S/c1-2-25-16-9-7-14(8-10-16)21(15-11-12-26(23,24)13-15)19(22)17-5-3-4-6-18(17)20/h3-12,15H,2,13H2,1H3. The maximum atomic E-state index is 14.1. The molecule has 0 N–H and O–H groups in total. The van der Waals surface area contributed by atoms with E-state index in [0.29, 0.717) is 18.0 Å². The highest BCUT2D eigenvalue weighted by Gasteiger charge is 2.32. The number of carbonyl (C=O) groups excluding carboxylic acids is 1. The average molecular weight is 375 g/mol. The summed E-state index contributed by atoms with van der Waals surface area (Å²) in [6, 6.07) is 11.6. The lowest BCUT2D eigenvalue weighted by molar-refractivity contribution is 0.0979. The first-order valence-corrected chi connectivity index (χ1v) is 9.85. The predicted octanol–water partition coefficient (Wildman–Crippen LogP) is 3.18. The van der Waals surface area contributed by atoms with E-state index in [0.717, 1.165) is 5.41 Å². The SMILES string of the molecule is CCOc1ccc(N(C(=O)c2ccccc2F)C2C=CS(=O)(=O)C2)cc1. The molecule has 0 saturated carbocycles. The number of sulfone groups is 1. The first-order chi connectivity index (χ1) is 12.4. The van der Waals surface area contributed by atoms with Crippen molar-refractivity contribution in [2.24, 2.45) is 0 Å². The summed E-state index contributed by atoms with van der Waals surface area (Å²) in [6.07, 6.45) is 1.45. The van der Waals surface area contributed by atoms with Crippen LogP contribution in [0.1, 0.15) is 17.3 Å². The quantitative estimate of drug-likeness (QED) is 0.805. The number of anilines is 1. The number of ether oxygens (including phenoxy) is 1. The van der Waals surface area contributed by atoms with Crippen LogP contribution >= 0.6 is 0 Å². The highest BCUT2D eigenvalue weighted by Crippen LogP contribution is 2.27. The summed E-state index contributed by atoms with van der Waals surface area (Å²) < 4.78 is 43.2. The molecule has 0 fully saturated rings. The van der Waals surface area contributed by atoms with Crippen LogP contribution in [0.4, 0.5) is 10.1 Å². The van der Waals surface area contributed by atoms with Crippen LogP contribution in [0.25, 0.3) is 0 Å². The summed E-state index contributed by atoms with van der Waals surface area (Å²) in [6.45, 7) is 2.36. The second-order valence-corrected chi connectivity index (χ2v) is 7.74. The molecular weight excluding hydrogens is 357 g/mol. The van der Waals surface area contributed by atoms with E-state index in [9.17, 15) is 17.6 Å². The summed E-state index contributed by atoms with van der Waals surface area (Å²) in [4.78, 5) is 14.3. The number of rotatable bonds is 5. The predicted molar refractivity (Wildman–Crippen MR) is 97.5 cm³/mol. The Morgan fingerprint density at radius 2 is 1.88 bits per heavy atom. The number of nitrogens with zero attached hydrogens (tertiary/aromatic N) is 1. The molecule has 0 spiro atoms. The van der Waals surface area contributed by atoms with Crippen LogP contribution in [0.3, 0.4) is 0 Å². The smallest absolute Gasteiger partial charge is 0.261 e. The van der Waals surface area contributed by atoms with Crippen molar-refractivity contribution >= 4 is 21.4 Å². The van der Waals surface area contributed by atoms with E-state index in [1.54, 1.807) is 30.3 Å². The molecule has 7 heteroatoms. The monoisotopic (exact) mass is 375 g/mol. The van der Waals surface area contributed by atoms with E-state index in [4.69, 9.17) is 4.74 Å².